The summed E-state index contributed by atoms with van der Waals surface area (Å²) in [6, 6.07) is 7.45. The third-order valence-electron chi connectivity index (χ3n) is 2.72. The van der Waals surface area contributed by atoms with Crippen LogP contribution in [0.15, 0.2) is 24.3 Å². The Morgan fingerprint density at radius 3 is 2.86 bits per heavy atom. The third-order valence-corrected chi connectivity index (χ3v) is 2.72. The highest BCUT2D eigenvalue weighted by Crippen LogP contribution is 2.29. The molecule has 76 valence electrons. The van der Waals surface area contributed by atoms with Crippen molar-refractivity contribution in [3.63, 3.8) is 0 Å². The van der Waals surface area contributed by atoms with Crippen LogP contribution in [-0.2, 0) is 11.2 Å². The summed E-state index contributed by atoms with van der Waals surface area (Å²) in [6.45, 7) is 2.15. The van der Waals surface area contributed by atoms with Gasteiger partial charge in [-0.3, -0.25) is 0 Å². The minimum Gasteiger partial charge on any atom is -0.508 e. The second-order valence-corrected chi connectivity index (χ2v) is 3.83. The highest BCUT2D eigenvalue weighted by molar-refractivity contribution is 5.27. The first kappa shape index (κ1) is 9.53. The van der Waals surface area contributed by atoms with Crippen LogP contribution >= 0.6 is 0 Å². The molecule has 2 rings (SSSR count). The van der Waals surface area contributed by atoms with Gasteiger partial charge in [0.2, 0.25) is 0 Å². The quantitative estimate of drug-likeness (QED) is 0.743. The lowest BCUT2D eigenvalue weighted by Crippen LogP contribution is -1.95. The van der Waals surface area contributed by atoms with Crippen molar-refractivity contribution in [2.24, 2.45) is 0 Å². The number of phenolic OH excluding ortho intramolecular Hbond substituents is 1. The standard InChI is InChI=1S/C12H16O2/c1-2-11-12(14-11)7-6-9-4-3-5-10(13)8-9/h3-5,8,11-13H,2,6-7H2,1H3. The van der Waals surface area contributed by atoms with Crippen molar-refractivity contribution in [2.75, 3.05) is 0 Å². The van der Waals surface area contributed by atoms with E-state index in [9.17, 15) is 5.11 Å². The van der Waals surface area contributed by atoms with E-state index in [1.807, 2.05) is 18.2 Å². The largest absolute Gasteiger partial charge is 0.508 e. The van der Waals surface area contributed by atoms with E-state index in [0.29, 0.717) is 18.0 Å². The van der Waals surface area contributed by atoms with Crippen LogP contribution < -0.4 is 0 Å². The molecular formula is C12H16O2. The summed E-state index contributed by atoms with van der Waals surface area (Å²) in [6.07, 6.45) is 4.14. The fraction of sp³-hybridized carbons (Fsp3) is 0.500. The molecule has 0 saturated carbocycles. The van der Waals surface area contributed by atoms with Crippen molar-refractivity contribution in [1.29, 1.82) is 0 Å². The lowest BCUT2D eigenvalue weighted by Gasteiger charge is -1.99. The van der Waals surface area contributed by atoms with Crippen molar-refractivity contribution in [3.05, 3.63) is 29.8 Å². The van der Waals surface area contributed by atoms with Crippen LogP contribution in [0.3, 0.4) is 0 Å². The highest BCUT2D eigenvalue weighted by Gasteiger charge is 2.35. The van der Waals surface area contributed by atoms with Crippen molar-refractivity contribution >= 4 is 0 Å². The molecule has 1 aromatic carbocycles. The minimum atomic E-state index is 0.353. The average molecular weight is 192 g/mol. The molecule has 0 amide bonds. The molecule has 14 heavy (non-hydrogen) atoms. The van der Waals surface area contributed by atoms with E-state index in [4.69, 9.17) is 4.74 Å². The van der Waals surface area contributed by atoms with Crippen molar-refractivity contribution < 1.29 is 9.84 Å². The van der Waals surface area contributed by atoms with Gasteiger partial charge in [0.1, 0.15) is 5.75 Å². The molecule has 2 unspecified atom stereocenters. The molecular weight excluding hydrogens is 176 g/mol. The number of aryl methyl sites for hydroxylation is 1. The van der Waals surface area contributed by atoms with Crippen LogP contribution in [0.1, 0.15) is 25.3 Å². The second kappa shape index (κ2) is 4.01. The van der Waals surface area contributed by atoms with Crippen molar-refractivity contribution in [1.82, 2.24) is 0 Å². The van der Waals surface area contributed by atoms with Crippen LogP contribution in [0.25, 0.3) is 0 Å². The van der Waals surface area contributed by atoms with E-state index in [1.165, 1.54) is 5.56 Å². The Balaban J connectivity index is 1.81. The van der Waals surface area contributed by atoms with Gasteiger partial charge in [-0.05, 0) is 37.0 Å². The van der Waals surface area contributed by atoms with Crippen LogP contribution in [0.4, 0.5) is 0 Å². The van der Waals surface area contributed by atoms with E-state index < -0.39 is 0 Å². The van der Waals surface area contributed by atoms with Gasteiger partial charge in [-0.25, -0.2) is 0 Å². The Kier molecular flexibility index (Phi) is 2.73. The fourth-order valence-corrected chi connectivity index (χ4v) is 1.81. The van der Waals surface area contributed by atoms with Crippen molar-refractivity contribution in [2.45, 2.75) is 38.4 Å². The van der Waals surface area contributed by atoms with Gasteiger partial charge in [-0.15, -0.1) is 0 Å². The summed E-state index contributed by atoms with van der Waals surface area (Å²) in [7, 11) is 0. The minimum absolute atomic E-state index is 0.353. The Hall–Kier alpha value is -1.02. The van der Waals surface area contributed by atoms with Gasteiger partial charge in [0.05, 0.1) is 12.2 Å². The van der Waals surface area contributed by atoms with Crippen LogP contribution in [0.2, 0.25) is 0 Å². The maximum Gasteiger partial charge on any atom is 0.115 e. The number of hydrogen-bond donors (Lipinski definition) is 1. The third kappa shape index (κ3) is 2.26. The SMILES string of the molecule is CCC1OC1CCc1cccc(O)c1. The van der Waals surface area contributed by atoms with Gasteiger partial charge in [-0.1, -0.05) is 19.1 Å². The predicted molar refractivity (Wildman–Crippen MR) is 55.4 cm³/mol. The zero-order chi connectivity index (χ0) is 9.97. The lowest BCUT2D eigenvalue weighted by molar-refractivity contribution is 0.359. The highest BCUT2D eigenvalue weighted by atomic mass is 16.6. The molecule has 2 heteroatoms. The first-order valence-corrected chi connectivity index (χ1v) is 5.23. The molecule has 1 aliphatic heterocycles. The maximum atomic E-state index is 9.26. The molecule has 2 nitrogen and oxygen atoms in total. The van der Waals surface area contributed by atoms with Gasteiger partial charge in [0, 0.05) is 0 Å². The van der Waals surface area contributed by atoms with Gasteiger partial charge in [0.25, 0.3) is 0 Å². The zero-order valence-corrected chi connectivity index (χ0v) is 8.44. The lowest BCUT2D eigenvalue weighted by atomic mass is 10.1. The Labute approximate surface area is 84.5 Å². The fourth-order valence-electron chi connectivity index (χ4n) is 1.81. The topological polar surface area (TPSA) is 32.8 Å². The summed E-state index contributed by atoms with van der Waals surface area (Å²) in [5.41, 5.74) is 1.19. The zero-order valence-electron chi connectivity index (χ0n) is 8.44. The molecule has 1 aliphatic rings. The number of rotatable bonds is 4. The van der Waals surface area contributed by atoms with Gasteiger partial charge < -0.3 is 9.84 Å². The molecule has 0 radical (unpaired) electrons. The summed E-state index contributed by atoms with van der Waals surface area (Å²) in [5.74, 6) is 0.353. The summed E-state index contributed by atoms with van der Waals surface area (Å²) in [5, 5.41) is 9.26. The Morgan fingerprint density at radius 2 is 2.21 bits per heavy atom. The number of benzene rings is 1. The number of aromatic hydroxyl groups is 1. The van der Waals surface area contributed by atoms with E-state index in [0.717, 1.165) is 19.3 Å². The van der Waals surface area contributed by atoms with Crippen LogP contribution in [-0.4, -0.2) is 17.3 Å². The van der Waals surface area contributed by atoms with E-state index in [1.54, 1.807) is 6.07 Å². The van der Waals surface area contributed by atoms with Crippen LogP contribution in [0.5, 0.6) is 5.75 Å². The molecule has 1 fully saturated rings. The van der Waals surface area contributed by atoms with E-state index >= 15 is 0 Å². The normalized spacial score (nSPS) is 24.9. The molecule has 0 aromatic heterocycles. The molecule has 1 heterocycles. The second-order valence-electron chi connectivity index (χ2n) is 3.83. The van der Waals surface area contributed by atoms with E-state index in [2.05, 4.69) is 6.92 Å². The van der Waals surface area contributed by atoms with Crippen LogP contribution in [0, 0.1) is 0 Å². The first-order chi connectivity index (χ1) is 6.79. The first-order valence-electron chi connectivity index (χ1n) is 5.23. The summed E-state index contributed by atoms with van der Waals surface area (Å²) >= 11 is 0. The summed E-state index contributed by atoms with van der Waals surface area (Å²) < 4.78 is 5.46. The molecule has 2 atom stereocenters. The molecule has 0 bridgehead atoms. The molecule has 0 aliphatic carbocycles. The van der Waals surface area contributed by atoms with Crippen molar-refractivity contribution in [3.8, 4) is 5.75 Å². The number of epoxide rings is 1. The summed E-state index contributed by atoms with van der Waals surface area (Å²) in [4.78, 5) is 0. The van der Waals surface area contributed by atoms with Gasteiger partial charge in [0.15, 0.2) is 0 Å². The molecule has 1 saturated heterocycles. The molecule has 1 N–H and O–H groups in total. The Bertz CT molecular complexity index is 309. The monoisotopic (exact) mass is 192 g/mol. The smallest absolute Gasteiger partial charge is 0.115 e. The average Bonchev–Trinajstić information content (AvgIpc) is 2.93. The number of phenols is 1. The van der Waals surface area contributed by atoms with Gasteiger partial charge in [-0.2, -0.15) is 0 Å². The predicted octanol–water partition coefficient (Wildman–Crippen LogP) is 2.50. The molecule has 1 aromatic rings. The number of ether oxygens (including phenoxy) is 1. The molecule has 0 spiro atoms. The van der Waals surface area contributed by atoms with Gasteiger partial charge >= 0.3 is 0 Å². The van der Waals surface area contributed by atoms with E-state index in [-0.39, 0.29) is 0 Å². The number of hydrogen-bond acceptors (Lipinski definition) is 2. The maximum absolute atomic E-state index is 9.26. The Morgan fingerprint density at radius 1 is 1.36 bits per heavy atom.